The molecule has 4 amide bonds. The number of rotatable bonds is 9. The first-order valence-corrected chi connectivity index (χ1v) is 12.9. The molecule has 2 aromatic carbocycles. The van der Waals surface area contributed by atoms with Gasteiger partial charge in [-0.2, -0.15) is 0 Å². The van der Waals surface area contributed by atoms with Gasteiger partial charge in [-0.3, -0.25) is 9.59 Å². The normalized spacial score (nSPS) is 16.2. The Kier molecular flexibility index (Phi) is 8.21. The Bertz CT molecular complexity index is 1230. The number of amides is 4. The fraction of sp³-hybridized carbons (Fsp3) is 0.217. The number of aromatic nitrogens is 1. The van der Waals surface area contributed by atoms with Crippen molar-refractivity contribution in [2.75, 3.05) is 18.5 Å². The zero-order chi connectivity index (χ0) is 24.9. The molecule has 12 heteroatoms. The summed E-state index contributed by atoms with van der Waals surface area (Å²) in [6.45, 7) is 0.0218. The number of urea groups is 1. The fourth-order valence-electron chi connectivity index (χ4n) is 3.58. The van der Waals surface area contributed by atoms with E-state index in [1.54, 1.807) is 53.4 Å². The number of anilines is 1. The van der Waals surface area contributed by atoms with E-state index in [2.05, 4.69) is 38.2 Å². The molecular weight excluding hydrogens is 607 g/mol. The first-order valence-electron chi connectivity index (χ1n) is 10.5. The summed E-state index contributed by atoms with van der Waals surface area (Å²) in [7, 11) is 0. The van der Waals surface area contributed by atoms with Crippen LogP contribution in [0.1, 0.15) is 17.3 Å². The molecule has 4 rings (SSSR count). The lowest BCUT2D eigenvalue weighted by Crippen LogP contribution is -2.49. The van der Waals surface area contributed by atoms with Crippen molar-refractivity contribution in [2.24, 2.45) is 0 Å². The number of halogens is 2. The number of aliphatic hydroxyl groups is 1. The van der Waals surface area contributed by atoms with Gasteiger partial charge in [0.15, 0.2) is 0 Å². The number of ether oxygens (including phenoxy) is 1. The van der Waals surface area contributed by atoms with Gasteiger partial charge in [0.05, 0.1) is 28.5 Å². The standard InChI is InChI=1S/C23H20ClIN4O5S/c24-17-9-14(25)3-6-18(17)27-21(31)19(10-15-11-35-12-26-15)29-22(32)20(28-23(29)33)13-1-4-16(5-2-13)34-8-7-30/h1-6,9,11-12,19-20,30H,7-8,10H2,(H,27,31)(H,28,33)/t19?,20-/m1/s1. The molecule has 1 aliphatic heterocycles. The molecular formula is C23H20ClIN4O5S. The molecule has 3 N–H and O–H groups in total. The van der Waals surface area contributed by atoms with Crippen LogP contribution >= 0.6 is 45.5 Å². The summed E-state index contributed by atoms with van der Waals surface area (Å²) in [5.74, 6) is -0.590. The molecule has 182 valence electrons. The van der Waals surface area contributed by atoms with Crippen molar-refractivity contribution >= 4 is 69.1 Å². The summed E-state index contributed by atoms with van der Waals surface area (Å²) in [5.41, 5.74) is 3.12. The zero-order valence-corrected chi connectivity index (χ0v) is 21.8. The first kappa shape index (κ1) is 25.4. The summed E-state index contributed by atoms with van der Waals surface area (Å²) in [4.78, 5) is 44.8. The summed E-state index contributed by atoms with van der Waals surface area (Å²) < 4.78 is 6.24. The average molecular weight is 627 g/mol. The van der Waals surface area contributed by atoms with Crippen molar-refractivity contribution in [3.63, 3.8) is 0 Å². The molecule has 3 aromatic rings. The lowest BCUT2D eigenvalue weighted by molar-refractivity contribution is -0.134. The van der Waals surface area contributed by atoms with Crippen molar-refractivity contribution in [3.05, 3.63) is 73.2 Å². The maximum atomic E-state index is 13.4. The maximum Gasteiger partial charge on any atom is 0.325 e. The second-order valence-corrected chi connectivity index (χ2v) is 9.92. The number of thiazole rings is 1. The van der Waals surface area contributed by atoms with Crippen molar-refractivity contribution in [2.45, 2.75) is 18.5 Å². The number of nitrogens with zero attached hydrogens (tertiary/aromatic N) is 2. The smallest absolute Gasteiger partial charge is 0.325 e. The number of imide groups is 1. The highest BCUT2D eigenvalue weighted by molar-refractivity contribution is 14.1. The monoisotopic (exact) mass is 626 g/mol. The molecule has 0 aliphatic carbocycles. The van der Waals surface area contributed by atoms with Crippen molar-refractivity contribution in [1.29, 1.82) is 0 Å². The van der Waals surface area contributed by atoms with Crippen LogP contribution in [0.3, 0.4) is 0 Å². The van der Waals surface area contributed by atoms with Crippen LogP contribution in [-0.4, -0.2) is 52.1 Å². The van der Waals surface area contributed by atoms with Gasteiger partial charge >= 0.3 is 6.03 Å². The second-order valence-electron chi connectivity index (χ2n) is 7.54. The number of hydrogen-bond acceptors (Lipinski definition) is 7. The molecule has 1 saturated heterocycles. The Balaban J connectivity index is 1.58. The molecule has 0 spiro atoms. The zero-order valence-electron chi connectivity index (χ0n) is 18.1. The molecule has 1 aromatic heterocycles. The van der Waals surface area contributed by atoms with E-state index in [9.17, 15) is 14.4 Å². The van der Waals surface area contributed by atoms with Gasteiger partial charge in [-0.1, -0.05) is 23.7 Å². The molecule has 0 bridgehead atoms. The van der Waals surface area contributed by atoms with E-state index >= 15 is 0 Å². The highest BCUT2D eigenvalue weighted by atomic mass is 127. The van der Waals surface area contributed by atoms with E-state index in [0.29, 0.717) is 27.7 Å². The molecule has 1 aliphatic rings. The van der Waals surface area contributed by atoms with Crippen molar-refractivity contribution < 1.29 is 24.2 Å². The molecule has 35 heavy (non-hydrogen) atoms. The molecule has 2 atom stereocenters. The average Bonchev–Trinajstić information content (AvgIpc) is 3.46. The SMILES string of the molecule is O=C(Nc1ccc(I)cc1Cl)C(Cc1cscn1)N1C(=O)N[C@H](c2ccc(OCCO)cc2)C1=O. The Labute approximate surface area is 223 Å². The van der Waals surface area contributed by atoms with Gasteiger partial charge in [0.1, 0.15) is 24.4 Å². The quantitative estimate of drug-likeness (QED) is 0.247. The molecule has 1 unspecified atom stereocenters. The summed E-state index contributed by atoms with van der Waals surface area (Å²) in [5, 5.41) is 16.4. The lowest BCUT2D eigenvalue weighted by Gasteiger charge is -2.24. The van der Waals surface area contributed by atoms with Crippen LogP contribution in [0.4, 0.5) is 10.5 Å². The number of nitrogens with one attached hydrogen (secondary N) is 2. The third-order valence-corrected chi connectivity index (χ3v) is 6.85. The van der Waals surface area contributed by atoms with Crippen molar-refractivity contribution in [1.82, 2.24) is 15.2 Å². The third kappa shape index (κ3) is 5.92. The van der Waals surface area contributed by atoms with Gasteiger partial charge in [0.2, 0.25) is 5.91 Å². The predicted molar refractivity (Wildman–Crippen MR) is 140 cm³/mol. The van der Waals surface area contributed by atoms with Crippen molar-refractivity contribution in [3.8, 4) is 5.75 Å². The number of aliphatic hydroxyl groups excluding tert-OH is 1. The van der Waals surface area contributed by atoms with Crippen LogP contribution in [0.25, 0.3) is 0 Å². The molecule has 9 nitrogen and oxygen atoms in total. The minimum absolute atomic E-state index is 0.0527. The van der Waals surface area contributed by atoms with Crippen LogP contribution in [0.15, 0.2) is 53.4 Å². The highest BCUT2D eigenvalue weighted by Gasteiger charge is 2.45. The van der Waals surface area contributed by atoms with Crippen LogP contribution in [-0.2, 0) is 16.0 Å². The number of benzene rings is 2. The second kappa shape index (κ2) is 11.3. The van der Waals surface area contributed by atoms with Crippen LogP contribution in [0.2, 0.25) is 5.02 Å². The van der Waals surface area contributed by atoms with E-state index < -0.39 is 29.9 Å². The van der Waals surface area contributed by atoms with E-state index in [4.69, 9.17) is 21.4 Å². The summed E-state index contributed by atoms with van der Waals surface area (Å²) in [6.07, 6.45) is 0.0527. The Hall–Kier alpha value is -2.74. The molecule has 0 radical (unpaired) electrons. The van der Waals surface area contributed by atoms with Crippen LogP contribution in [0, 0.1) is 3.57 Å². The van der Waals surface area contributed by atoms with E-state index in [1.165, 1.54) is 11.3 Å². The van der Waals surface area contributed by atoms with E-state index in [1.807, 2.05) is 0 Å². The first-order chi connectivity index (χ1) is 16.9. The molecule has 1 fully saturated rings. The van der Waals surface area contributed by atoms with Gasteiger partial charge in [-0.15, -0.1) is 11.3 Å². The van der Waals surface area contributed by atoms with Gasteiger partial charge in [-0.05, 0) is 58.5 Å². The number of carbonyl (C=O) groups excluding carboxylic acids is 3. The van der Waals surface area contributed by atoms with Gasteiger partial charge in [-0.25, -0.2) is 14.7 Å². The molecule has 0 saturated carbocycles. The minimum atomic E-state index is -1.14. The van der Waals surface area contributed by atoms with Crippen LogP contribution < -0.4 is 15.4 Å². The topological polar surface area (TPSA) is 121 Å². The summed E-state index contributed by atoms with van der Waals surface area (Å²) >= 11 is 9.73. The van der Waals surface area contributed by atoms with E-state index in [0.717, 1.165) is 8.47 Å². The summed E-state index contributed by atoms with van der Waals surface area (Å²) in [6, 6.07) is 8.97. The van der Waals surface area contributed by atoms with E-state index in [-0.39, 0.29) is 19.6 Å². The number of carbonyl (C=O) groups is 3. The Morgan fingerprint density at radius 2 is 2.06 bits per heavy atom. The maximum absolute atomic E-state index is 13.4. The fourth-order valence-corrected chi connectivity index (χ4v) is 5.05. The van der Waals surface area contributed by atoms with Gasteiger partial charge < -0.3 is 20.5 Å². The highest BCUT2D eigenvalue weighted by Crippen LogP contribution is 2.28. The Morgan fingerprint density at radius 1 is 1.29 bits per heavy atom. The largest absolute Gasteiger partial charge is 0.491 e. The Morgan fingerprint density at radius 3 is 2.71 bits per heavy atom. The van der Waals surface area contributed by atoms with Gasteiger partial charge in [0.25, 0.3) is 5.91 Å². The lowest BCUT2D eigenvalue weighted by atomic mass is 10.0. The predicted octanol–water partition coefficient (Wildman–Crippen LogP) is 3.62. The number of hydrogen-bond donors (Lipinski definition) is 3. The minimum Gasteiger partial charge on any atom is -0.491 e. The molecule has 2 heterocycles. The van der Waals surface area contributed by atoms with Gasteiger partial charge in [0, 0.05) is 15.4 Å². The third-order valence-electron chi connectivity index (χ3n) is 5.23. The van der Waals surface area contributed by atoms with Crippen LogP contribution in [0.5, 0.6) is 5.75 Å².